The molecule has 1 N–H and O–H groups in total. The van der Waals surface area contributed by atoms with E-state index in [9.17, 15) is 20.0 Å². The van der Waals surface area contributed by atoms with Gasteiger partial charge in [0.15, 0.2) is 11.5 Å². The number of carbonyl (C=O) groups is 1. The van der Waals surface area contributed by atoms with Gasteiger partial charge in [-0.3, -0.25) is 14.9 Å². The Balaban J connectivity index is 2.94. The SMILES string of the molecule is CC(=O)/C(N=Nc1ccc([N+](=O)[O-])cc1)=C(\C)O. The molecule has 0 aliphatic carbocycles. The van der Waals surface area contributed by atoms with Crippen LogP contribution in [0, 0.1) is 10.1 Å². The standard InChI is InChI=1S/C11H11N3O4/c1-7(15)11(8(2)16)13-12-9-3-5-10(6-4-9)14(17)18/h3-6,15H,1-2H3/b11-7-,13-12?. The number of Topliss-reactive ketones (excluding diaryl/α,β-unsaturated/α-hetero) is 1. The quantitative estimate of drug-likeness (QED) is 0.291. The molecule has 0 bridgehead atoms. The normalized spacial score (nSPS) is 12.3. The Bertz CT molecular complexity index is 528. The number of nitro groups is 1. The lowest BCUT2D eigenvalue weighted by Gasteiger charge is -1.96. The lowest BCUT2D eigenvalue weighted by atomic mass is 10.3. The number of nitro benzene ring substituents is 1. The van der Waals surface area contributed by atoms with E-state index in [1.54, 1.807) is 0 Å². The molecule has 0 radical (unpaired) electrons. The van der Waals surface area contributed by atoms with Crippen molar-refractivity contribution in [3.8, 4) is 0 Å². The number of aliphatic hydroxyl groups is 1. The zero-order valence-electron chi connectivity index (χ0n) is 9.82. The van der Waals surface area contributed by atoms with Crippen molar-refractivity contribution < 1.29 is 14.8 Å². The van der Waals surface area contributed by atoms with E-state index in [-0.39, 0.29) is 17.1 Å². The van der Waals surface area contributed by atoms with Crippen LogP contribution in [0.15, 0.2) is 46.0 Å². The van der Waals surface area contributed by atoms with Gasteiger partial charge in [0.05, 0.1) is 10.6 Å². The van der Waals surface area contributed by atoms with Crippen LogP contribution in [0.2, 0.25) is 0 Å². The Labute approximate surface area is 103 Å². The fourth-order valence-corrected chi connectivity index (χ4v) is 1.15. The maximum Gasteiger partial charge on any atom is 0.269 e. The highest BCUT2D eigenvalue weighted by atomic mass is 16.6. The fourth-order valence-electron chi connectivity index (χ4n) is 1.15. The second kappa shape index (κ2) is 5.67. The van der Waals surface area contributed by atoms with Crippen LogP contribution in [0.1, 0.15) is 13.8 Å². The highest BCUT2D eigenvalue weighted by molar-refractivity contribution is 5.93. The molecule has 0 unspecified atom stereocenters. The fraction of sp³-hybridized carbons (Fsp3) is 0.182. The number of aliphatic hydroxyl groups excluding tert-OH is 1. The van der Waals surface area contributed by atoms with E-state index in [2.05, 4.69) is 10.2 Å². The highest BCUT2D eigenvalue weighted by Crippen LogP contribution is 2.19. The van der Waals surface area contributed by atoms with Gasteiger partial charge in [-0.1, -0.05) is 0 Å². The number of nitrogens with zero attached hydrogens (tertiary/aromatic N) is 3. The van der Waals surface area contributed by atoms with Crippen LogP contribution in [0.25, 0.3) is 0 Å². The molecule has 0 spiro atoms. The van der Waals surface area contributed by atoms with Gasteiger partial charge >= 0.3 is 0 Å². The molecule has 7 heteroatoms. The number of azo groups is 1. The molecule has 0 aromatic heterocycles. The summed E-state index contributed by atoms with van der Waals surface area (Å²) in [5.74, 6) is -0.645. The minimum absolute atomic E-state index is 0.0605. The maximum atomic E-state index is 11.1. The van der Waals surface area contributed by atoms with Crippen LogP contribution < -0.4 is 0 Å². The number of hydrogen-bond donors (Lipinski definition) is 1. The van der Waals surface area contributed by atoms with E-state index in [0.717, 1.165) is 0 Å². The van der Waals surface area contributed by atoms with Gasteiger partial charge in [-0.25, -0.2) is 0 Å². The number of ketones is 1. The van der Waals surface area contributed by atoms with Crippen LogP contribution in [-0.4, -0.2) is 15.8 Å². The summed E-state index contributed by atoms with van der Waals surface area (Å²) in [4.78, 5) is 21.0. The molecular formula is C11H11N3O4. The Kier molecular flexibility index (Phi) is 4.25. The summed E-state index contributed by atoms with van der Waals surface area (Å²) < 4.78 is 0. The van der Waals surface area contributed by atoms with Gasteiger partial charge in [0.2, 0.25) is 0 Å². The molecule has 0 aliphatic rings. The Morgan fingerprint density at radius 3 is 2.22 bits per heavy atom. The van der Waals surface area contributed by atoms with E-state index in [4.69, 9.17) is 0 Å². The maximum absolute atomic E-state index is 11.1. The van der Waals surface area contributed by atoms with Gasteiger partial charge in [-0.2, -0.15) is 5.11 Å². The lowest BCUT2D eigenvalue weighted by Crippen LogP contribution is -1.96. The second-order valence-electron chi connectivity index (χ2n) is 3.46. The van der Waals surface area contributed by atoms with E-state index in [1.165, 1.54) is 38.1 Å². The molecule has 0 atom stereocenters. The monoisotopic (exact) mass is 249 g/mol. The van der Waals surface area contributed by atoms with Gasteiger partial charge < -0.3 is 5.11 Å². The highest BCUT2D eigenvalue weighted by Gasteiger charge is 2.07. The third kappa shape index (κ3) is 3.48. The summed E-state index contributed by atoms with van der Waals surface area (Å²) in [6.45, 7) is 2.58. The Morgan fingerprint density at radius 1 is 1.28 bits per heavy atom. The minimum Gasteiger partial charge on any atom is -0.510 e. The Hall–Kier alpha value is -2.57. The molecule has 7 nitrogen and oxygen atoms in total. The van der Waals surface area contributed by atoms with Crippen molar-refractivity contribution in [1.82, 2.24) is 0 Å². The number of non-ortho nitro benzene ring substituents is 1. The van der Waals surface area contributed by atoms with Crippen molar-refractivity contribution in [3.63, 3.8) is 0 Å². The number of benzene rings is 1. The molecule has 94 valence electrons. The average Bonchev–Trinajstić information content (AvgIpc) is 2.28. The molecule has 0 amide bonds. The molecule has 0 aliphatic heterocycles. The smallest absolute Gasteiger partial charge is 0.269 e. The minimum atomic E-state index is -0.528. The van der Waals surface area contributed by atoms with E-state index >= 15 is 0 Å². The number of allylic oxidation sites excluding steroid dienone is 2. The van der Waals surface area contributed by atoms with Crippen molar-refractivity contribution in [2.45, 2.75) is 13.8 Å². The molecular weight excluding hydrogens is 238 g/mol. The van der Waals surface area contributed by atoms with Gasteiger partial charge in [-0.05, 0) is 19.1 Å². The summed E-state index contributed by atoms with van der Waals surface area (Å²) in [6.07, 6.45) is 0. The van der Waals surface area contributed by atoms with Crippen molar-refractivity contribution in [2.24, 2.45) is 10.2 Å². The predicted octanol–water partition coefficient (Wildman–Crippen LogP) is 3.06. The largest absolute Gasteiger partial charge is 0.510 e. The van der Waals surface area contributed by atoms with Crippen LogP contribution in [0.5, 0.6) is 0 Å². The van der Waals surface area contributed by atoms with Crippen LogP contribution in [-0.2, 0) is 4.79 Å². The van der Waals surface area contributed by atoms with E-state index in [0.29, 0.717) is 5.69 Å². The molecule has 1 aromatic rings. The molecule has 0 saturated heterocycles. The van der Waals surface area contributed by atoms with E-state index in [1.807, 2.05) is 0 Å². The molecule has 0 saturated carbocycles. The van der Waals surface area contributed by atoms with Gasteiger partial charge in [0, 0.05) is 19.1 Å². The first-order chi connectivity index (χ1) is 8.41. The van der Waals surface area contributed by atoms with Crippen molar-refractivity contribution in [3.05, 3.63) is 45.8 Å². The first-order valence-electron chi connectivity index (χ1n) is 4.99. The summed E-state index contributed by atoms with van der Waals surface area (Å²) in [6, 6.07) is 5.34. The average molecular weight is 249 g/mol. The molecule has 0 heterocycles. The van der Waals surface area contributed by atoms with Crippen LogP contribution >= 0.6 is 0 Å². The van der Waals surface area contributed by atoms with Crippen LogP contribution in [0.4, 0.5) is 11.4 Å². The zero-order chi connectivity index (χ0) is 13.7. The summed E-state index contributed by atoms with van der Waals surface area (Å²) in [7, 11) is 0. The summed E-state index contributed by atoms with van der Waals surface area (Å²) in [5, 5.41) is 26.9. The third-order valence-electron chi connectivity index (χ3n) is 2.00. The van der Waals surface area contributed by atoms with Gasteiger partial charge in [0.1, 0.15) is 5.76 Å². The van der Waals surface area contributed by atoms with Crippen LogP contribution in [0.3, 0.4) is 0 Å². The first-order valence-corrected chi connectivity index (χ1v) is 4.99. The number of rotatable bonds is 4. The predicted molar refractivity (Wildman–Crippen MR) is 63.6 cm³/mol. The topological polar surface area (TPSA) is 105 Å². The summed E-state index contributed by atoms with van der Waals surface area (Å²) in [5.41, 5.74) is 0.142. The summed E-state index contributed by atoms with van der Waals surface area (Å²) >= 11 is 0. The number of carbonyl (C=O) groups excluding carboxylic acids is 1. The van der Waals surface area contributed by atoms with Crippen molar-refractivity contribution in [1.29, 1.82) is 0 Å². The van der Waals surface area contributed by atoms with Gasteiger partial charge in [-0.15, -0.1) is 5.11 Å². The molecule has 1 aromatic carbocycles. The first kappa shape index (κ1) is 13.5. The third-order valence-corrected chi connectivity index (χ3v) is 2.00. The zero-order valence-corrected chi connectivity index (χ0v) is 9.82. The molecule has 0 fully saturated rings. The van der Waals surface area contributed by atoms with Gasteiger partial charge in [0.25, 0.3) is 5.69 Å². The Morgan fingerprint density at radius 2 is 1.83 bits per heavy atom. The number of hydrogen-bond acceptors (Lipinski definition) is 6. The lowest BCUT2D eigenvalue weighted by molar-refractivity contribution is -0.384. The second-order valence-corrected chi connectivity index (χ2v) is 3.46. The molecule has 18 heavy (non-hydrogen) atoms. The van der Waals surface area contributed by atoms with E-state index < -0.39 is 10.7 Å². The van der Waals surface area contributed by atoms with Crippen molar-refractivity contribution in [2.75, 3.05) is 0 Å². The molecule has 1 rings (SSSR count). The van der Waals surface area contributed by atoms with Crippen molar-refractivity contribution >= 4 is 17.2 Å².